The normalized spacial score (nSPS) is 10.6. The Kier molecular flexibility index (Phi) is 1.28. The average Bonchev–Trinajstić information content (AvgIpc) is 2.35. The Morgan fingerprint density at radius 3 is 3.00 bits per heavy atom. The lowest BCUT2D eigenvalue weighted by Gasteiger charge is -1.93. The molecule has 2 aromatic heterocycles. The molecule has 2 N–H and O–H groups in total. The van der Waals surface area contributed by atoms with E-state index in [0.717, 1.165) is 4.60 Å². The SMILES string of the molecule is Nc1cnnn2c(Br)cnc12. The first-order valence-corrected chi connectivity index (χ1v) is 3.69. The second-order valence-corrected chi connectivity index (χ2v) is 2.82. The van der Waals surface area contributed by atoms with Gasteiger partial charge in [-0.25, -0.2) is 4.98 Å². The Labute approximate surface area is 70.4 Å². The molecule has 0 saturated carbocycles. The number of nitrogen functional groups attached to an aromatic ring is 1. The fourth-order valence-corrected chi connectivity index (χ4v) is 1.15. The number of aromatic nitrogens is 4. The molecule has 0 fully saturated rings. The van der Waals surface area contributed by atoms with Crippen molar-refractivity contribution in [1.82, 2.24) is 19.8 Å². The van der Waals surface area contributed by atoms with Crippen LogP contribution in [0.25, 0.3) is 5.65 Å². The van der Waals surface area contributed by atoms with Crippen LogP contribution in [-0.4, -0.2) is 19.8 Å². The van der Waals surface area contributed by atoms with E-state index in [4.69, 9.17) is 5.73 Å². The van der Waals surface area contributed by atoms with Gasteiger partial charge in [0.15, 0.2) is 5.65 Å². The minimum absolute atomic E-state index is 0.519. The van der Waals surface area contributed by atoms with Gasteiger partial charge in [-0.15, -0.1) is 5.10 Å². The van der Waals surface area contributed by atoms with Crippen LogP contribution >= 0.6 is 15.9 Å². The Balaban J connectivity index is 2.94. The van der Waals surface area contributed by atoms with Gasteiger partial charge < -0.3 is 5.73 Å². The van der Waals surface area contributed by atoms with Crippen molar-refractivity contribution >= 4 is 27.3 Å². The van der Waals surface area contributed by atoms with Crippen LogP contribution in [0.3, 0.4) is 0 Å². The van der Waals surface area contributed by atoms with Gasteiger partial charge in [0, 0.05) is 0 Å². The summed E-state index contributed by atoms with van der Waals surface area (Å²) in [5, 5.41) is 7.44. The van der Waals surface area contributed by atoms with Crippen molar-refractivity contribution in [3.05, 3.63) is 17.0 Å². The van der Waals surface area contributed by atoms with Crippen molar-refractivity contribution in [3.8, 4) is 0 Å². The molecule has 0 radical (unpaired) electrons. The second kappa shape index (κ2) is 2.16. The molecular weight excluding hydrogens is 210 g/mol. The molecule has 0 saturated heterocycles. The zero-order chi connectivity index (χ0) is 7.84. The van der Waals surface area contributed by atoms with E-state index in [1.807, 2.05) is 0 Å². The third kappa shape index (κ3) is 0.864. The van der Waals surface area contributed by atoms with Gasteiger partial charge in [-0.3, -0.25) is 0 Å². The molecular formula is C5H4BrN5. The molecule has 56 valence electrons. The van der Waals surface area contributed by atoms with Crippen molar-refractivity contribution in [2.75, 3.05) is 5.73 Å². The standard InChI is InChI=1S/C5H4BrN5/c6-4-2-8-5-3(7)1-9-10-11(4)5/h1-2H,7H2. The number of anilines is 1. The Bertz CT molecular complexity index is 395. The summed E-state index contributed by atoms with van der Waals surface area (Å²) in [5.41, 5.74) is 6.70. The highest BCUT2D eigenvalue weighted by molar-refractivity contribution is 9.10. The van der Waals surface area contributed by atoms with Crippen molar-refractivity contribution in [1.29, 1.82) is 0 Å². The van der Waals surface area contributed by atoms with Crippen LogP contribution in [0.2, 0.25) is 0 Å². The highest BCUT2D eigenvalue weighted by atomic mass is 79.9. The molecule has 11 heavy (non-hydrogen) atoms. The maximum Gasteiger partial charge on any atom is 0.181 e. The number of halogens is 1. The third-order valence-electron chi connectivity index (χ3n) is 1.29. The minimum atomic E-state index is 0.519. The maximum atomic E-state index is 5.56. The van der Waals surface area contributed by atoms with E-state index in [1.165, 1.54) is 10.7 Å². The molecule has 2 heterocycles. The Hall–Kier alpha value is -1.17. The van der Waals surface area contributed by atoms with E-state index in [2.05, 4.69) is 31.2 Å². The summed E-state index contributed by atoms with van der Waals surface area (Å²) in [6, 6.07) is 0. The minimum Gasteiger partial charge on any atom is -0.394 e. The molecule has 0 spiro atoms. The molecule has 0 aliphatic heterocycles. The number of hydrogen-bond donors (Lipinski definition) is 1. The zero-order valence-electron chi connectivity index (χ0n) is 5.40. The molecule has 0 bridgehead atoms. The van der Waals surface area contributed by atoms with E-state index in [1.54, 1.807) is 6.20 Å². The van der Waals surface area contributed by atoms with Crippen LogP contribution in [0.1, 0.15) is 0 Å². The lowest BCUT2D eigenvalue weighted by molar-refractivity contribution is 0.797. The molecule has 0 aliphatic carbocycles. The van der Waals surface area contributed by atoms with Gasteiger partial charge in [-0.1, -0.05) is 5.21 Å². The van der Waals surface area contributed by atoms with Crippen LogP contribution < -0.4 is 5.73 Å². The molecule has 0 aliphatic rings. The van der Waals surface area contributed by atoms with Crippen molar-refractivity contribution < 1.29 is 0 Å². The van der Waals surface area contributed by atoms with Gasteiger partial charge in [0.25, 0.3) is 0 Å². The zero-order valence-corrected chi connectivity index (χ0v) is 6.98. The highest BCUT2D eigenvalue weighted by Crippen LogP contribution is 2.14. The van der Waals surface area contributed by atoms with Crippen LogP contribution in [0, 0.1) is 0 Å². The summed E-state index contributed by atoms with van der Waals surface area (Å²) in [6.07, 6.45) is 3.09. The number of nitrogens with two attached hydrogens (primary N) is 1. The number of nitrogens with zero attached hydrogens (tertiary/aromatic N) is 4. The van der Waals surface area contributed by atoms with E-state index >= 15 is 0 Å². The van der Waals surface area contributed by atoms with Crippen LogP contribution in [0.4, 0.5) is 5.69 Å². The summed E-state index contributed by atoms with van der Waals surface area (Å²) >= 11 is 3.24. The van der Waals surface area contributed by atoms with E-state index < -0.39 is 0 Å². The fraction of sp³-hybridized carbons (Fsp3) is 0. The van der Waals surface area contributed by atoms with Crippen molar-refractivity contribution in [2.24, 2.45) is 0 Å². The first-order valence-electron chi connectivity index (χ1n) is 2.89. The number of fused-ring (bicyclic) bond motifs is 1. The van der Waals surface area contributed by atoms with E-state index in [9.17, 15) is 0 Å². The van der Waals surface area contributed by atoms with Gasteiger partial charge in [0.2, 0.25) is 0 Å². The lowest BCUT2D eigenvalue weighted by atomic mass is 10.5. The van der Waals surface area contributed by atoms with Gasteiger partial charge >= 0.3 is 0 Å². The second-order valence-electron chi connectivity index (χ2n) is 2.01. The molecule has 2 rings (SSSR count). The quantitative estimate of drug-likeness (QED) is 0.691. The van der Waals surface area contributed by atoms with Gasteiger partial charge in [0.1, 0.15) is 4.60 Å². The number of rotatable bonds is 0. The van der Waals surface area contributed by atoms with Crippen LogP contribution in [0.5, 0.6) is 0 Å². The highest BCUT2D eigenvalue weighted by Gasteiger charge is 2.03. The molecule has 0 aromatic carbocycles. The van der Waals surface area contributed by atoms with E-state index in [-0.39, 0.29) is 0 Å². The van der Waals surface area contributed by atoms with Crippen LogP contribution in [-0.2, 0) is 0 Å². The van der Waals surface area contributed by atoms with Crippen LogP contribution in [0.15, 0.2) is 17.0 Å². The molecule has 5 nitrogen and oxygen atoms in total. The third-order valence-corrected chi connectivity index (χ3v) is 1.83. The summed E-state index contributed by atoms with van der Waals surface area (Å²) < 4.78 is 2.27. The number of hydrogen-bond acceptors (Lipinski definition) is 4. The summed E-state index contributed by atoms with van der Waals surface area (Å²) in [7, 11) is 0. The molecule has 0 unspecified atom stereocenters. The van der Waals surface area contributed by atoms with Crippen molar-refractivity contribution in [2.45, 2.75) is 0 Å². The molecule has 2 aromatic rings. The Morgan fingerprint density at radius 2 is 2.27 bits per heavy atom. The monoisotopic (exact) mass is 213 g/mol. The van der Waals surface area contributed by atoms with Gasteiger partial charge in [-0.05, 0) is 15.9 Å². The first-order chi connectivity index (χ1) is 5.29. The summed E-state index contributed by atoms with van der Waals surface area (Å²) in [4.78, 5) is 4.01. The number of imidazole rings is 1. The van der Waals surface area contributed by atoms with Crippen molar-refractivity contribution in [3.63, 3.8) is 0 Å². The van der Waals surface area contributed by atoms with E-state index in [0.29, 0.717) is 11.3 Å². The first kappa shape index (κ1) is 6.53. The lowest BCUT2D eigenvalue weighted by Crippen LogP contribution is -1.98. The largest absolute Gasteiger partial charge is 0.394 e. The van der Waals surface area contributed by atoms with Gasteiger partial charge in [0.05, 0.1) is 18.1 Å². The summed E-state index contributed by atoms with van der Waals surface area (Å²) in [5.74, 6) is 0. The summed E-state index contributed by atoms with van der Waals surface area (Å²) in [6.45, 7) is 0. The molecule has 6 heteroatoms. The maximum absolute atomic E-state index is 5.56. The smallest absolute Gasteiger partial charge is 0.181 e. The predicted molar refractivity (Wildman–Crippen MR) is 42.9 cm³/mol. The Morgan fingerprint density at radius 1 is 1.45 bits per heavy atom. The topological polar surface area (TPSA) is 69.1 Å². The molecule has 0 amide bonds. The van der Waals surface area contributed by atoms with Gasteiger partial charge in [-0.2, -0.15) is 4.52 Å². The fourth-order valence-electron chi connectivity index (χ4n) is 0.804. The predicted octanol–water partition coefficient (Wildman–Crippen LogP) is 0.469. The average molecular weight is 214 g/mol. The molecule has 0 atom stereocenters.